The molecular formula is C22H31FN4O2S. The van der Waals surface area contributed by atoms with Crippen LogP contribution < -0.4 is 10.6 Å². The molecule has 0 unspecified atom stereocenters. The van der Waals surface area contributed by atoms with Crippen molar-refractivity contribution in [1.82, 2.24) is 15.5 Å². The number of hydrogen-bond acceptors (Lipinski definition) is 4. The fourth-order valence-corrected chi connectivity index (χ4v) is 3.56. The third-order valence-corrected chi connectivity index (χ3v) is 5.55. The maximum absolute atomic E-state index is 13.9. The molecule has 2 aromatic rings. The summed E-state index contributed by atoms with van der Waals surface area (Å²) in [6.07, 6.45) is 1.94. The molecule has 0 aliphatic carbocycles. The fourth-order valence-electron chi connectivity index (χ4n) is 2.93. The summed E-state index contributed by atoms with van der Waals surface area (Å²) in [7, 11) is 0.640. The number of nitrogens with one attached hydrogen (secondary N) is 2. The largest absolute Gasteiger partial charge is 0.357 e. The topological polar surface area (TPSA) is 73.8 Å². The van der Waals surface area contributed by atoms with Gasteiger partial charge in [0.15, 0.2) is 15.8 Å². The summed E-state index contributed by atoms with van der Waals surface area (Å²) < 4.78 is 37.0. The highest BCUT2D eigenvalue weighted by molar-refractivity contribution is 7.90. The van der Waals surface area contributed by atoms with E-state index < -0.39 is 9.84 Å². The van der Waals surface area contributed by atoms with Crippen LogP contribution in [0.1, 0.15) is 23.6 Å². The summed E-state index contributed by atoms with van der Waals surface area (Å²) in [5.41, 5.74) is 2.64. The lowest BCUT2D eigenvalue weighted by Crippen LogP contribution is -2.38. The van der Waals surface area contributed by atoms with E-state index in [1.54, 1.807) is 18.2 Å². The molecular weight excluding hydrogens is 403 g/mol. The van der Waals surface area contributed by atoms with E-state index in [0.29, 0.717) is 36.1 Å². The molecule has 0 atom stereocenters. The highest BCUT2D eigenvalue weighted by atomic mass is 32.2. The van der Waals surface area contributed by atoms with Crippen molar-refractivity contribution in [2.75, 3.05) is 33.4 Å². The Morgan fingerprint density at radius 3 is 2.33 bits per heavy atom. The second-order valence-corrected chi connectivity index (χ2v) is 9.47. The molecule has 0 heterocycles. The van der Waals surface area contributed by atoms with Crippen molar-refractivity contribution >= 4 is 15.8 Å². The predicted molar refractivity (Wildman–Crippen MR) is 120 cm³/mol. The molecule has 30 heavy (non-hydrogen) atoms. The zero-order chi connectivity index (χ0) is 22.1. The Hall–Kier alpha value is -2.45. The van der Waals surface area contributed by atoms with Crippen molar-refractivity contribution in [3.8, 4) is 0 Å². The standard InChI is InChI=1S/C22H31FN4O2S/c1-5-24-22(25-13-12-17-6-9-20(10-7-17)30(4,28)29)26-15-18-8-11-21(23)19(14-18)16-27(2)3/h6-11,14H,5,12-13,15-16H2,1-4H3,(H2,24,25,26). The monoisotopic (exact) mass is 434 g/mol. The van der Waals surface area contributed by atoms with E-state index in [-0.39, 0.29) is 5.82 Å². The molecule has 2 aromatic carbocycles. The quantitative estimate of drug-likeness (QED) is 0.469. The van der Waals surface area contributed by atoms with Crippen LogP contribution in [0, 0.1) is 5.82 Å². The van der Waals surface area contributed by atoms with Crippen LogP contribution in [0.25, 0.3) is 0 Å². The first kappa shape index (κ1) is 23.8. The second kappa shape index (κ2) is 11.1. The van der Waals surface area contributed by atoms with Gasteiger partial charge in [0.05, 0.1) is 11.4 Å². The van der Waals surface area contributed by atoms with Gasteiger partial charge in [0.2, 0.25) is 0 Å². The number of rotatable bonds is 9. The van der Waals surface area contributed by atoms with Gasteiger partial charge >= 0.3 is 0 Å². The Bertz CT molecular complexity index is 958. The average molecular weight is 435 g/mol. The van der Waals surface area contributed by atoms with Crippen LogP contribution in [0.4, 0.5) is 4.39 Å². The Labute approximate surface area is 179 Å². The van der Waals surface area contributed by atoms with Gasteiger partial charge in [-0.25, -0.2) is 17.8 Å². The molecule has 0 spiro atoms. The molecule has 0 aromatic heterocycles. The predicted octanol–water partition coefficient (Wildman–Crippen LogP) is 2.59. The van der Waals surface area contributed by atoms with Gasteiger partial charge in [0, 0.05) is 31.5 Å². The summed E-state index contributed by atoms with van der Waals surface area (Å²) in [6, 6.07) is 12.0. The number of halogens is 1. The molecule has 0 saturated carbocycles. The van der Waals surface area contributed by atoms with Crippen molar-refractivity contribution in [1.29, 1.82) is 0 Å². The van der Waals surface area contributed by atoms with E-state index in [0.717, 1.165) is 24.1 Å². The fraction of sp³-hybridized carbons (Fsp3) is 0.409. The van der Waals surface area contributed by atoms with Crippen LogP contribution in [0.3, 0.4) is 0 Å². The smallest absolute Gasteiger partial charge is 0.191 e. The van der Waals surface area contributed by atoms with Gasteiger partial charge in [-0.2, -0.15) is 0 Å². The minimum atomic E-state index is -3.18. The van der Waals surface area contributed by atoms with Crippen molar-refractivity contribution in [3.05, 3.63) is 65.0 Å². The first-order valence-electron chi connectivity index (χ1n) is 9.92. The van der Waals surface area contributed by atoms with Gasteiger partial charge in [0.25, 0.3) is 0 Å². The van der Waals surface area contributed by atoms with Crippen LogP contribution in [0.2, 0.25) is 0 Å². The number of benzene rings is 2. The molecule has 0 bridgehead atoms. The number of aliphatic imine (C=N–C) groups is 1. The highest BCUT2D eigenvalue weighted by Gasteiger charge is 2.07. The van der Waals surface area contributed by atoms with E-state index in [4.69, 9.17) is 0 Å². The van der Waals surface area contributed by atoms with E-state index in [9.17, 15) is 12.8 Å². The maximum Gasteiger partial charge on any atom is 0.191 e. The van der Waals surface area contributed by atoms with Crippen LogP contribution in [0.5, 0.6) is 0 Å². The maximum atomic E-state index is 13.9. The molecule has 0 saturated heterocycles. The number of guanidine groups is 1. The first-order chi connectivity index (χ1) is 14.2. The first-order valence-corrected chi connectivity index (χ1v) is 11.8. The Morgan fingerprint density at radius 2 is 1.73 bits per heavy atom. The normalized spacial score (nSPS) is 12.3. The lowest BCUT2D eigenvalue weighted by atomic mass is 10.1. The van der Waals surface area contributed by atoms with E-state index >= 15 is 0 Å². The number of nitrogens with zero attached hydrogens (tertiary/aromatic N) is 2. The summed E-state index contributed by atoms with van der Waals surface area (Å²) in [4.78, 5) is 6.84. The van der Waals surface area contributed by atoms with Crippen LogP contribution in [-0.4, -0.2) is 52.7 Å². The van der Waals surface area contributed by atoms with Crippen LogP contribution in [-0.2, 0) is 29.3 Å². The number of sulfone groups is 1. The Kier molecular flexibility index (Phi) is 8.80. The van der Waals surface area contributed by atoms with Gasteiger partial charge in [0.1, 0.15) is 5.82 Å². The Balaban J connectivity index is 1.96. The highest BCUT2D eigenvalue weighted by Crippen LogP contribution is 2.13. The number of hydrogen-bond donors (Lipinski definition) is 2. The molecule has 8 heteroatoms. The molecule has 164 valence electrons. The summed E-state index contributed by atoms with van der Waals surface area (Å²) in [5.74, 6) is 0.479. The van der Waals surface area contributed by atoms with Gasteiger partial charge in [-0.1, -0.05) is 18.2 Å². The molecule has 0 aliphatic heterocycles. The van der Waals surface area contributed by atoms with Crippen molar-refractivity contribution in [2.45, 2.75) is 31.3 Å². The zero-order valence-corrected chi connectivity index (χ0v) is 18.9. The van der Waals surface area contributed by atoms with Gasteiger partial charge < -0.3 is 15.5 Å². The van der Waals surface area contributed by atoms with Crippen molar-refractivity contribution in [2.24, 2.45) is 4.99 Å². The average Bonchev–Trinajstić information content (AvgIpc) is 2.67. The molecule has 2 rings (SSSR count). The third kappa shape index (κ3) is 7.76. The summed E-state index contributed by atoms with van der Waals surface area (Å²) in [6.45, 7) is 4.36. The molecule has 0 radical (unpaired) electrons. The second-order valence-electron chi connectivity index (χ2n) is 7.45. The van der Waals surface area contributed by atoms with Crippen molar-refractivity contribution in [3.63, 3.8) is 0 Å². The molecule has 6 nitrogen and oxygen atoms in total. The van der Waals surface area contributed by atoms with Gasteiger partial charge in [-0.15, -0.1) is 0 Å². The van der Waals surface area contributed by atoms with E-state index in [1.165, 1.54) is 12.3 Å². The van der Waals surface area contributed by atoms with Crippen molar-refractivity contribution < 1.29 is 12.8 Å². The van der Waals surface area contributed by atoms with E-state index in [1.807, 2.05) is 44.1 Å². The summed E-state index contributed by atoms with van der Waals surface area (Å²) >= 11 is 0. The molecule has 2 N–H and O–H groups in total. The zero-order valence-electron chi connectivity index (χ0n) is 18.1. The lowest BCUT2D eigenvalue weighted by molar-refractivity contribution is 0.392. The molecule has 0 amide bonds. The third-order valence-electron chi connectivity index (χ3n) is 4.42. The van der Waals surface area contributed by atoms with Crippen LogP contribution in [0.15, 0.2) is 52.4 Å². The Morgan fingerprint density at radius 1 is 1.07 bits per heavy atom. The lowest BCUT2D eigenvalue weighted by Gasteiger charge is -2.13. The van der Waals surface area contributed by atoms with Crippen LogP contribution >= 0.6 is 0 Å². The van der Waals surface area contributed by atoms with Gasteiger partial charge in [-0.05, 0) is 62.8 Å². The molecule has 0 fully saturated rings. The van der Waals surface area contributed by atoms with Gasteiger partial charge in [-0.3, -0.25) is 0 Å². The SMILES string of the molecule is CCNC(=NCc1ccc(F)c(CN(C)C)c1)NCCc1ccc(S(C)(=O)=O)cc1. The van der Waals surface area contributed by atoms with E-state index in [2.05, 4.69) is 15.6 Å². The minimum absolute atomic E-state index is 0.205. The summed E-state index contributed by atoms with van der Waals surface area (Å²) in [5, 5.41) is 6.48. The minimum Gasteiger partial charge on any atom is -0.357 e. The molecule has 0 aliphatic rings.